The third-order valence-electron chi connectivity index (χ3n) is 2.48. The number of fused-ring (bicyclic) bond motifs is 1. The van der Waals surface area contributed by atoms with Crippen molar-refractivity contribution in [3.63, 3.8) is 0 Å². The first-order valence-electron chi connectivity index (χ1n) is 4.46. The van der Waals surface area contributed by atoms with Gasteiger partial charge < -0.3 is 10.1 Å². The largest absolute Gasteiger partial charge is 0.481 e. The van der Waals surface area contributed by atoms with Crippen molar-refractivity contribution < 1.29 is 9.90 Å². The highest BCUT2D eigenvalue weighted by Crippen LogP contribution is 2.29. The number of halogens is 1. The van der Waals surface area contributed by atoms with Gasteiger partial charge in [0.1, 0.15) is 11.7 Å². The van der Waals surface area contributed by atoms with Gasteiger partial charge in [-0.05, 0) is 26.2 Å². The van der Waals surface area contributed by atoms with Gasteiger partial charge in [-0.3, -0.25) is 4.79 Å². The van der Waals surface area contributed by atoms with Crippen molar-refractivity contribution in [2.24, 2.45) is 0 Å². The lowest BCUT2D eigenvalue weighted by Gasteiger charge is -2.16. The molecule has 1 aliphatic carbocycles. The van der Waals surface area contributed by atoms with E-state index in [4.69, 9.17) is 5.11 Å². The molecule has 0 saturated carbocycles. The van der Waals surface area contributed by atoms with Gasteiger partial charge in [-0.1, -0.05) is 0 Å². The Hall–Kier alpha value is -1.03. The van der Waals surface area contributed by atoms with Crippen LogP contribution in [0.25, 0.3) is 0 Å². The number of aromatic amines is 1. The Balaban J connectivity index is 0.000000980. The molecule has 5 heteroatoms. The molecule has 1 heterocycles. The normalized spacial score (nSPS) is 19.6. The first kappa shape index (κ1) is 11.0. The van der Waals surface area contributed by atoms with Gasteiger partial charge in [0.05, 0.1) is 5.69 Å². The number of nitrogens with zero attached hydrogens (tertiary/aromatic N) is 1. The minimum atomic E-state index is -0.757. The number of nitrogens with one attached hydrogen (secondary N) is 1. The summed E-state index contributed by atoms with van der Waals surface area (Å²) in [4.78, 5) is 18.2. The molecular weight excluding hydrogens is 204 g/mol. The zero-order chi connectivity index (χ0) is 9.42. The van der Waals surface area contributed by atoms with Crippen molar-refractivity contribution in [1.82, 2.24) is 9.97 Å². The van der Waals surface area contributed by atoms with Gasteiger partial charge in [0, 0.05) is 5.69 Å². The molecule has 0 spiro atoms. The van der Waals surface area contributed by atoms with Crippen LogP contribution in [0.4, 0.5) is 0 Å². The summed E-state index contributed by atoms with van der Waals surface area (Å²) in [5, 5.41) is 8.94. The maximum absolute atomic E-state index is 10.9. The molecule has 1 atom stereocenters. The molecule has 0 saturated heterocycles. The van der Waals surface area contributed by atoms with E-state index in [2.05, 4.69) is 9.97 Å². The third kappa shape index (κ3) is 1.75. The summed E-state index contributed by atoms with van der Waals surface area (Å²) >= 11 is 0. The van der Waals surface area contributed by atoms with Crippen LogP contribution in [0.15, 0.2) is 0 Å². The number of H-pyrrole nitrogens is 1. The lowest BCUT2D eigenvalue weighted by Crippen LogP contribution is -2.17. The monoisotopic (exact) mass is 216 g/mol. The summed E-state index contributed by atoms with van der Waals surface area (Å²) in [7, 11) is 0. The maximum atomic E-state index is 10.9. The van der Waals surface area contributed by atoms with Crippen LogP contribution in [0.1, 0.15) is 36.0 Å². The van der Waals surface area contributed by atoms with E-state index < -0.39 is 11.9 Å². The van der Waals surface area contributed by atoms with E-state index in [9.17, 15) is 4.79 Å². The molecule has 78 valence electrons. The van der Waals surface area contributed by atoms with E-state index >= 15 is 0 Å². The van der Waals surface area contributed by atoms with Crippen molar-refractivity contribution in [2.45, 2.75) is 32.1 Å². The number of aromatic nitrogens is 2. The van der Waals surface area contributed by atoms with E-state index in [1.54, 1.807) is 0 Å². The van der Waals surface area contributed by atoms with Crippen LogP contribution in [-0.4, -0.2) is 21.0 Å². The number of imidazole rings is 1. The summed E-state index contributed by atoms with van der Waals surface area (Å²) in [6, 6.07) is 0. The predicted octanol–water partition coefficient (Wildman–Crippen LogP) is 1.64. The SMILES string of the molecule is Cc1nc2c([nH]1)CCCC2C(=O)O.Cl. The topological polar surface area (TPSA) is 66.0 Å². The molecule has 0 fully saturated rings. The molecule has 0 bridgehead atoms. The summed E-state index contributed by atoms with van der Waals surface area (Å²) in [6.07, 6.45) is 2.58. The molecule has 0 aliphatic heterocycles. The Bertz CT molecular complexity index is 349. The second-order valence-corrected chi connectivity index (χ2v) is 3.47. The van der Waals surface area contributed by atoms with Crippen LogP contribution < -0.4 is 0 Å². The summed E-state index contributed by atoms with van der Waals surface area (Å²) in [5.41, 5.74) is 1.76. The Morgan fingerprint density at radius 3 is 3.00 bits per heavy atom. The lowest BCUT2D eigenvalue weighted by atomic mass is 9.90. The summed E-state index contributed by atoms with van der Waals surface area (Å²) < 4.78 is 0. The number of aliphatic carboxylic acids is 1. The van der Waals surface area contributed by atoms with Crippen molar-refractivity contribution in [1.29, 1.82) is 0 Å². The molecule has 4 nitrogen and oxygen atoms in total. The van der Waals surface area contributed by atoms with E-state index in [0.717, 1.165) is 30.1 Å². The molecule has 0 amide bonds. The molecule has 0 radical (unpaired) electrons. The van der Waals surface area contributed by atoms with Crippen molar-refractivity contribution >= 4 is 18.4 Å². The van der Waals surface area contributed by atoms with Crippen LogP contribution in [0.5, 0.6) is 0 Å². The molecule has 2 rings (SSSR count). The number of hydrogen-bond donors (Lipinski definition) is 2. The zero-order valence-corrected chi connectivity index (χ0v) is 8.73. The van der Waals surface area contributed by atoms with E-state index in [0.29, 0.717) is 6.42 Å². The van der Waals surface area contributed by atoms with Crippen LogP contribution >= 0.6 is 12.4 Å². The summed E-state index contributed by atoms with van der Waals surface area (Å²) in [5.74, 6) is -0.334. The first-order chi connectivity index (χ1) is 6.18. The molecule has 1 unspecified atom stereocenters. The Morgan fingerprint density at radius 2 is 2.36 bits per heavy atom. The summed E-state index contributed by atoms with van der Waals surface area (Å²) in [6.45, 7) is 1.86. The molecule has 14 heavy (non-hydrogen) atoms. The molecule has 1 aromatic rings. The van der Waals surface area contributed by atoms with Crippen LogP contribution in [0.2, 0.25) is 0 Å². The minimum Gasteiger partial charge on any atom is -0.481 e. The molecule has 1 aromatic heterocycles. The minimum absolute atomic E-state index is 0. The third-order valence-corrected chi connectivity index (χ3v) is 2.48. The van der Waals surface area contributed by atoms with Gasteiger partial charge in [0.15, 0.2) is 0 Å². The number of carboxylic acids is 1. The molecule has 1 aliphatic rings. The lowest BCUT2D eigenvalue weighted by molar-refractivity contribution is -0.139. The average Bonchev–Trinajstić information content (AvgIpc) is 2.43. The first-order valence-corrected chi connectivity index (χ1v) is 4.46. The maximum Gasteiger partial charge on any atom is 0.312 e. The fourth-order valence-electron chi connectivity index (χ4n) is 1.90. The second-order valence-electron chi connectivity index (χ2n) is 3.47. The van der Waals surface area contributed by atoms with Gasteiger partial charge in [-0.25, -0.2) is 4.98 Å². The Labute approximate surface area is 88.2 Å². The van der Waals surface area contributed by atoms with Gasteiger partial charge in [0.25, 0.3) is 0 Å². The quantitative estimate of drug-likeness (QED) is 0.750. The van der Waals surface area contributed by atoms with Crippen LogP contribution in [-0.2, 0) is 11.2 Å². The average molecular weight is 217 g/mol. The van der Waals surface area contributed by atoms with Crippen molar-refractivity contribution in [3.05, 3.63) is 17.2 Å². The van der Waals surface area contributed by atoms with Gasteiger partial charge >= 0.3 is 5.97 Å². The molecule has 2 N–H and O–H groups in total. The number of carboxylic acid groups (broad SMARTS) is 1. The van der Waals surface area contributed by atoms with Gasteiger partial charge in [-0.15, -0.1) is 12.4 Å². The molecular formula is C9H13ClN2O2. The fraction of sp³-hybridized carbons (Fsp3) is 0.556. The van der Waals surface area contributed by atoms with Crippen molar-refractivity contribution in [2.75, 3.05) is 0 Å². The second kappa shape index (κ2) is 4.00. The van der Waals surface area contributed by atoms with Gasteiger partial charge in [-0.2, -0.15) is 0 Å². The smallest absolute Gasteiger partial charge is 0.312 e. The van der Waals surface area contributed by atoms with Crippen LogP contribution in [0.3, 0.4) is 0 Å². The molecule has 0 aromatic carbocycles. The number of carbonyl (C=O) groups is 1. The highest BCUT2D eigenvalue weighted by atomic mass is 35.5. The highest BCUT2D eigenvalue weighted by molar-refractivity contribution is 5.85. The Kier molecular flexibility index (Phi) is 3.16. The standard InChI is InChI=1S/C9H12N2O2.ClH/c1-5-10-7-4-2-3-6(9(12)13)8(7)11-5;/h6H,2-4H2,1H3,(H,10,11)(H,12,13);1H. The zero-order valence-electron chi connectivity index (χ0n) is 7.91. The van der Waals surface area contributed by atoms with Crippen LogP contribution in [0, 0.1) is 6.92 Å². The fourth-order valence-corrected chi connectivity index (χ4v) is 1.90. The Morgan fingerprint density at radius 1 is 1.64 bits per heavy atom. The van der Waals surface area contributed by atoms with E-state index in [-0.39, 0.29) is 12.4 Å². The number of hydrogen-bond acceptors (Lipinski definition) is 2. The highest BCUT2D eigenvalue weighted by Gasteiger charge is 2.28. The van der Waals surface area contributed by atoms with Crippen molar-refractivity contribution in [3.8, 4) is 0 Å². The number of aryl methyl sites for hydroxylation is 2. The predicted molar refractivity (Wildman–Crippen MR) is 53.9 cm³/mol. The van der Waals surface area contributed by atoms with Gasteiger partial charge in [0.2, 0.25) is 0 Å². The number of rotatable bonds is 1. The van der Waals surface area contributed by atoms with E-state index in [1.165, 1.54) is 0 Å². The van der Waals surface area contributed by atoms with E-state index in [1.807, 2.05) is 6.92 Å².